The number of ether oxygens (including phenoxy) is 1. The Morgan fingerprint density at radius 1 is 1.13 bits per heavy atom. The van der Waals surface area contributed by atoms with Crippen molar-refractivity contribution in [3.63, 3.8) is 0 Å². The Balaban J connectivity index is 1.45. The van der Waals surface area contributed by atoms with E-state index in [0.717, 1.165) is 24.2 Å². The van der Waals surface area contributed by atoms with Crippen LogP contribution >= 0.6 is 0 Å². The second-order valence-corrected chi connectivity index (χ2v) is 7.55. The molecule has 0 spiro atoms. The first-order chi connectivity index (χ1) is 14.4. The highest BCUT2D eigenvalue weighted by atomic mass is 16.5. The maximum atomic E-state index is 12.1. The molecule has 2 aromatic rings. The van der Waals surface area contributed by atoms with Gasteiger partial charge in [0.25, 0.3) is 5.91 Å². The molecule has 30 heavy (non-hydrogen) atoms. The third kappa shape index (κ3) is 5.83. The summed E-state index contributed by atoms with van der Waals surface area (Å²) in [6.45, 7) is 4.64. The van der Waals surface area contributed by atoms with Crippen LogP contribution < -0.4 is 20.3 Å². The predicted molar refractivity (Wildman–Crippen MR) is 115 cm³/mol. The minimum atomic E-state index is -0.245. The van der Waals surface area contributed by atoms with E-state index in [0.29, 0.717) is 24.4 Å². The lowest BCUT2D eigenvalue weighted by molar-refractivity contribution is -0.123. The Hall–Kier alpha value is -3.35. The quantitative estimate of drug-likeness (QED) is 0.701. The molecular weight excluding hydrogens is 382 g/mol. The van der Waals surface area contributed by atoms with Gasteiger partial charge in [0.05, 0.1) is 0 Å². The van der Waals surface area contributed by atoms with Gasteiger partial charge in [0.15, 0.2) is 6.61 Å². The normalized spacial score (nSPS) is 13.4. The predicted octanol–water partition coefficient (Wildman–Crippen LogP) is 3.10. The van der Waals surface area contributed by atoms with Crippen LogP contribution in [0.3, 0.4) is 0 Å². The summed E-state index contributed by atoms with van der Waals surface area (Å²) in [5.74, 6) is 0.306. The molecular formula is C23H27N3O4. The van der Waals surface area contributed by atoms with E-state index in [1.165, 1.54) is 0 Å². The van der Waals surface area contributed by atoms with Crippen LogP contribution in [0.15, 0.2) is 48.5 Å². The van der Waals surface area contributed by atoms with E-state index in [1.807, 2.05) is 50.2 Å². The van der Waals surface area contributed by atoms with E-state index < -0.39 is 0 Å². The first-order valence-corrected chi connectivity index (χ1v) is 10.1. The van der Waals surface area contributed by atoms with Gasteiger partial charge in [-0.3, -0.25) is 14.4 Å². The van der Waals surface area contributed by atoms with Crippen LogP contribution in [0.2, 0.25) is 0 Å². The molecule has 1 fully saturated rings. The first-order valence-electron chi connectivity index (χ1n) is 10.1. The number of hydrogen-bond acceptors (Lipinski definition) is 4. The molecule has 3 amide bonds. The van der Waals surface area contributed by atoms with E-state index in [4.69, 9.17) is 4.74 Å². The van der Waals surface area contributed by atoms with E-state index in [1.54, 1.807) is 17.0 Å². The third-order valence-corrected chi connectivity index (χ3v) is 4.80. The van der Waals surface area contributed by atoms with Crippen molar-refractivity contribution in [1.82, 2.24) is 5.32 Å². The highest BCUT2D eigenvalue weighted by Gasteiger charge is 2.21. The molecule has 0 aromatic heterocycles. The van der Waals surface area contributed by atoms with Gasteiger partial charge in [-0.1, -0.05) is 26.0 Å². The zero-order valence-corrected chi connectivity index (χ0v) is 17.3. The maximum absolute atomic E-state index is 12.1. The van der Waals surface area contributed by atoms with Gasteiger partial charge in [0.1, 0.15) is 5.75 Å². The second kappa shape index (κ2) is 9.91. The Morgan fingerprint density at radius 2 is 1.90 bits per heavy atom. The van der Waals surface area contributed by atoms with Gasteiger partial charge in [-0.25, -0.2) is 0 Å². The number of nitrogens with one attached hydrogen (secondary N) is 2. The van der Waals surface area contributed by atoms with Crippen LogP contribution in [0.1, 0.15) is 32.3 Å². The third-order valence-electron chi connectivity index (χ3n) is 4.80. The molecule has 0 atom stereocenters. The topological polar surface area (TPSA) is 87.7 Å². The summed E-state index contributed by atoms with van der Waals surface area (Å²) < 4.78 is 5.53. The molecule has 0 aliphatic carbocycles. The Labute approximate surface area is 176 Å². The number of anilines is 2. The van der Waals surface area contributed by atoms with Crippen LogP contribution in [0, 0.1) is 5.92 Å². The van der Waals surface area contributed by atoms with Gasteiger partial charge in [-0.05, 0) is 48.4 Å². The molecule has 0 radical (unpaired) electrons. The molecule has 7 nitrogen and oxygen atoms in total. The van der Waals surface area contributed by atoms with E-state index in [2.05, 4.69) is 10.6 Å². The number of benzene rings is 2. The van der Waals surface area contributed by atoms with Crippen LogP contribution in [0.5, 0.6) is 5.75 Å². The number of rotatable bonds is 8. The molecule has 1 aliphatic rings. The van der Waals surface area contributed by atoms with Crippen molar-refractivity contribution < 1.29 is 19.1 Å². The fraction of sp³-hybridized carbons (Fsp3) is 0.348. The maximum Gasteiger partial charge on any atom is 0.258 e. The lowest BCUT2D eigenvalue weighted by atomic mass is 10.1. The lowest BCUT2D eigenvalue weighted by Crippen LogP contribution is -2.28. The molecule has 2 aromatic carbocycles. The number of nitrogens with zero attached hydrogens (tertiary/aromatic N) is 1. The van der Waals surface area contributed by atoms with Gasteiger partial charge in [-0.2, -0.15) is 0 Å². The van der Waals surface area contributed by atoms with E-state index >= 15 is 0 Å². The van der Waals surface area contributed by atoms with Gasteiger partial charge in [0.2, 0.25) is 11.8 Å². The lowest BCUT2D eigenvalue weighted by Gasteiger charge is -2.16. The zero-order chi connectivity index (χ0) is 21.5. The monoisotopic (exact) mass is 409 g/mol. The molecule has 0 saturated carbocycles. The Bertz CT molecular complexity index is 909. The molecule has 2 N–H and O–H groups in total. The number of carbonyl (C=O) groups is 3. The summed E-state index contributed by atoms with van der Waals surface area (Å²) >= 11 is 0. The van der Waals surface area contributed by atoms with Crippen molar-refractivity contribution in [1.29, 1.82) is 0 Å². The van der Waals surface area contributed by atoms with E-state index in [9.17, 15) is 14.4 Å². The summed E-state index contributed by atoms with van der Waals surface area (Å²) in [6.07, 6.45) is 1.47. The van der Waals surface area contributed by atoms with E-state index in [-0.39, 0.29) is 30.2 Å². The molecule has 1 saturated heterocycles. The minimum absolute atomic E-state index is 0.0512. The van der Waals surface area contributed by atoms with Crippen molar-refractivity contribution in [3.8, 4) is 5.75 Å². The highest BCUT2D eigenvalue weighted by Crippen LogP contribution is 2.23. The smallest absolute Gasteiger partial charge is 0.258 e. The number of carbonyl (C=O) groups excluding carboxylic acids is 3. The Kier molecular flexibility index (Phi) is 7.06. The summed E-state index contributed by atoms with van der Waals surface area (Å²) in [6, 6.07) is 14.5. The SMILES string of the molecule is CC(C)C(=O)Nc1cccc(CNC(=O)COc2ccc(N3CCCC3=O)cc2)c1. The summed E-state index contributed by atoms with van der Waals surface area (Å²) in [5.41, 5.74) is 2.43. The average molecular weight is 409 g/mol. The molecule has 0 unspecified atom stereocenters. The van der Waals surface area contributed by atoms with Crippen molar-refractivity contribution in [3.05, 3.63) is 54.1 Å². The molecule has 7 heteroatoms. The fourth-order valence-electron chi connectivity index (χ4n) is 3.09. The standard InChI is InChI=1S/C23H27N3O4/c1-16(2)23(29)25-18-6-3-5-17(13-18)14-24-21(27)15-30-20-10-8-19(9-11-20)26-12-4-7-22(26)28/h3,5-6,8-11,13,16H,4,7,12,14-15H2,1-2H3,(H,24,27)(H,25,29). The van der Waals surface area contributed by atoms with Crippen LogP contribution in [0.25, 0.3) is 0 Å². The van der Waals surface area contributed by atoms with Crippen molar-refractivity contribution >= 4 is 29.1 Å². The minimum Gasteiger partial charge on any atom is -0.484 e. The molecule has 158 valence electrons. The number of hydrogen-bond donors (Lipinski definition) is 2. The summed E-state index contributed by atoms with van der Waals surface area (Å²) in [7, 11) is 0. The average Bonchev–Trinajstić information content (AvgIpc) is 3.17. The van der Waals surface area contributed by atoms with Crippen molar-refractivity contribution in [2.24, 2.45) is 5.92 Å². The summed E-state index contributed by atoms with van der Waals surface area (Å²) in [5, 5.41) is 5.65. The van der Waals surface area contributed by atoms with Gasteiger partial charge >= 0.3 is 0 Å². The summed E-state index contributed by atoms with van der Waals surface area (Å²) in [4.78, 5) is 37.5. The molecule has 1 heterocycles. The molecule has 0 bridgehead atoms. The van der Waals surface area contributed by atoms with Gasteiger partial charge < -0.3 is 20.3 Å². The largest absolute Gasteiger partial charge is 0.484 e. The number of amides is 3. The fourth-order valence-corrected chi connectivity index (χ4v) is 3.09. The van der Waals surface area contributed by atoms with Crippen molar-refractivity contribution in [2.45, 2.75) is 33.2 Å². The van der Waals surface area contributed by atoms with Crippen LogP contribution in [-0.4, -0.2) is 30.9 Å². The van der Waals surface area contributed by atoms with Crippen LogP contribution in [0.4, 0.5) is 11.4 Å². The Morgan fingerprint density at radius 3 is 2.57 bits per heavy atom. The molecule has 1 aliphatic heterocycles. The first kappa shape index (κ1) is 21.4. The molecule has 3 rings (SSSR count). The van der Waals surface area contributed by atoms with Crippen LogP contribution in [-0.2, 0) is 20.9 Å². The van der Waals surface area contributed by atoms with Gasteiger partial charge in [0, 0.05) is 36.8 Å². The highest BCUT2D eigenvalue weighted by molar-refractivity contribution is 5.95. The zero-order valence-electron chi connectivity index (χ0n) is 17.3. The van der Waals surface area contributed by atoms with Gasteiger partial charge in [-0.15, -0.1) is 0 Å². The van der Waals surface area contributed by atoms with Crippen molar-refractivity contribution in [2.75, 3.05) is 23.4 Å². The second-order valence-electron chi connectivity index (χ2n) is 7.55.